The number of anilines is 1. The lowest BCUT2D eigenvalue weighted by molar-refractivity contribution is -0.384. The van der Waals surface area contributed by atoms with Crippen molar-refractivity contribution < 1.29 is 9.66 Å². The van der Waals surface area contributed by atoms with E-state index < -0.39 is 0 Å². The van der Waals surface area contributed by atoms with Crippen LogP contribution >= 0.6 is 15.9 Å². The predicted molar refractivity (Wildman–Crippen MR) is 72.9 cm³/mol. The van der Waals surface area contributed by atoms with Gasteiger partial charge in [-0.15, -0.1) is 0 Å². The average molecular weight is 315 g/mol. The summed E-state index contributed by atoms with van der Waals surface area (Å²) in [6, 6.07) is 5.07. The lowest BCUT2D eigenvalue weighted by Gasteiger charge is -2.21. The number of benzene rings is 1. The minimum absolute atomic E-state index is 0.0624. The first-order valence-electron chi connectivity index (χ1n) is 5.90. The fraction of sp³-hybridized carbons (Fsp3) is 0.500. The molecule has 98 valence electrons. The van der Waals surface area contributed by atoms with Crippen LogP contribution in [0.15, 0.2) is 22.7 Å². The Morgan fingerprint density at radius 1 is 1.61 bits per heavy atom. The van der Waals surface area contributed by atoms with E-state index in [2.05, 4.69) is 21.2 Å². The van der Waals surface area contributed by atoms with Crippen molar-refractivity contribution in [3.63, 3.8) is 0 Å². The predicted octanol–water partition coefficient (Wildman–Crippen LogP) is 3.34. The Morgan fingerprint density at radius 2 is 2.39 bits per heavy atom. The van der Waals surface area contributed by atoms with Gasteiger partial charge >= 0.3 is 0 Å². The molecule has 0 saturated carbocycles. The van der Waals surface area contributed by atoms with Gasteiger partial charge in [-0.25, -0.2) is 0 Å². The monoisotopic (exact) mass is 314 g/mol. The molecule has 1 heterocycles. The molecule has 18 heavy (non-hydrogen) atoms. The van der Waals surface area contributed by atoms with Gasteiger partial charge in [0.2, 0.25) is 0 Å². The molecule has 0 bridgehead atoms. The van der Waals surface area contributed by atoms with E-state index >= 15 is 0 Å². The zero-order chi connectivity index (χ0) is 13.1. The number of nitrogens with one attached hydrogen (secondary N) is 1. The van der Waals surface area contributed by atoms with Crippen molar-refractivity contribution in [2.24, 2.45) is 0 Å². The Bertz CT molecular complexity index is 447. The van der Waals surface area contributed by atoms with Crippen LogP contribution in [0.5, 0.6) is 0 Å². The Hall–Kier alpha value is -1.14. The van der Waals surface area contributed by atoms with Gasteiger partial charge in [-0.2, -0.15) is 0 Å². The second kappa shape index (κ2) is 5.67. The molecule has 1 fully saturated rings. The third-order valence-corrected chi connectivity index (χ3v) is 3.56. The highest BCUT2D eigenvalue weighted by atomic mass is 79.9. The average Bonchev–Trinajstić information content (AvgIpc) is 2.84. The number of halogens is 1. The van der Waals surface area contributed by atoms with Crippen molar-refractivity contribution in [1.29, 1.82) is 0 Å². The van der Waals surface area contributed by atoms with Crippen molar-refractivity contribution in [1.82, 2.24) is 0 Å². The summed E-state index contributed by atoms with van der Waals surface area (Å²) in [4.78, 5) is 10.6. The van der Waals surface area contributed by atoms with Crippen LogP contribution in [0.25, 0.3) is 0 Å². The first-order valence-corrected chi connectivity index (χ1v) is 6.69. The van der Waals surface area contributed by atoms with Crippen LogP contribution in [-0.4, -0.2) is 23.7 Å². The fourth-order valence-electron chi connectivity index (χ4n) is 2.11. The molecule has 2 unspecified atom stereocenters. The second-order valence-electron chi connectivity index (χ2n) is 4.40. The van der Waals surface area contributed by atoms with E-state index in [4.69, 9.17) is 4.74 Å². The van der Waals surface area contributed by atoms with Gasteiger partial charge in [0.1, 0.15) is 5.69 Å². The summed E-state index contributed by atoms with van der Waals surface area (Å²) >= 11 is 3.24. The minimum Gasteiger partial charge on any atom is -0.376 e. The number of hydrogen-bond acceptors (Lipinski definition) is 4. The molecule has 0 spiro atoms. The maximum atomic E-state index is 11.0. The van der Waals surface area contributed by atoms with Gasteiger partial charge in [0.25, 0.3) is 5.69 Å². The van der Waals surface area contributed by atoms with Crippen LogP contribution in [0, 0.1) is 10.1 Å². The third kappa shape index (κ3) is 3.00. The highest BCUT2D eigenvalue weighted by molar-refractivity contribution is 9.10. The molecule has 1 aromatic rings. The number of nitrogens with zero attached hydrogens (tertiary/aromatic N) is 1. The molecule has 0 amide bonds. The van der Waals surface area contributed by atoms with Crippen LogP contribution < -0.4 is 5.32 Å². The molecule has 0 aliphatic carbocycles. The smallest absolute Gasteiger partial charge is 0.293 e. The molecule has 0 aromatic heterocycles. The highest BCUT2D eigenvalue weighted by Crippen LogP contribution is 2.29. The number of hydrogen-bond donors (Lipinski definition) is 1. The molecule has 2 rings (SSSR count). The summed E-state index contributed by atoms with van der Waals surface area (Å²) in [6.07, 6.45) is 2.19. The van der Waals surface area contributed by atoms with Crippen molar-refractivity contribution in [2.45, 2.75) is 31.9 Å². The van der Waals surface area contributed by atoms with Gasteiger partial charge < -0.3 is 10.1 Å². The van der Waals surface area contributed by atoms with Crippen LogP contribution in [0.3, 0.4) is 0 Å². The molecule has 1 saturated heterocycles. The van der Waals surface area contributed by atoms with Crippen molar-refractivity contribution in [3.05, 3.63) is 32.8 Å². The topological polar surface area (TPSA) is 64.4 Å². The van der Waals surface area contributed by atoms with Crippen LogP contribution in [0.2, 0.25) is 0 Å². The SMILES string of the molecule is CC(Nc1ccc(Br)cc1[N+](=O)[O-])C1CCCO1. The number of ether oxygens (including phenoxy) is 1. The summed E-state index contributed by atoms with van der Waals surface area (Å²) in [5.41, 5.74) is 0.612. The van der Waals surface area contributed by atoms with Gasteiger partial charge in [-0.3, -0.25) is 10.1 Å². The summed E-state index contributed by atoms with van der Waals surface area (Å²) < 4.78 is 6.27. The highest BCUT2D eigenvalue weighted by Gasteiger charge is 2.24. The maximum absolute atomic E-state index is 11.0. The molecule has 1 N–H and O–H groups in total. The van der Waals surface area contributed by atoms with Crippen LogP contribution in [0.4, 0.5) is 11.4 Å². The Morgan fingerprint density at radius 3 is 3.00 bits per heavy atom. The van der Waals surface area contributed by atoms with Crippen LogP contribution in [-0.2, 0) is 4.74 Å². The van der Waals surface area contributed by atoms with Gasteiger partial charge in [0.05, 0.1) is 11.0 Å². The number of nitro groups is 1. The molecule has 5 nitrogen and oxygen atoms in total. The van der Waals surface area contributed by atoms with E-state index in [0.717, 1.165) is 19.4 Å². The number of nitro benzene ring substituents is 1. The first kappa shape index (κ1) is 13.3. The summed E-state index contributed by atoms with van der Waals surface area (Å²) in [5, 5.41) is 14.2. The summed E-state index contributed by atoms with van der Waals surface area (Å²) in [7, 11) is 0. The lowest BCUT2D eigenvalue weighted by atomic mass is 10.1. The van der Waals surface area contributed by atoms with Crippen molar-refractivity contribution >= 4 is 27.3 Å². The molecular formula is C12H15BrN2O3. The summed E-state index contributed by atoms with van der Waals surface area (Å²) in [6.45, 7) is 2.76. The zero-order valence-corrected chi connectivity index (χ0v) is 11.6. The fourth-order valence-corrected chi connectivity index (χ4v) is 2.46. The van der Waals surface area contributed by atoms with E-state index in [1.54, 1.807) is 12.1 Å². The second-order valence-corrected chi connectivity index (χ2v) is 5.32. The quantitative estimate of drug-likeness (QED) is 0.684. The molecule has 1 aromatic carbocycles. The Kier molecular flexibility index (Phi) is 4.19. The van der Waals surface area contributed by atoms with Gasteiger partial charge in [-0.1, -0.05) is 15.9 Å². The third-order valence-electron chi connectivity index (χ3n) is 3.06. The van der Waals surface area contributed by atoms with E-state index in [9.17, 15) is 10.1 Å². The minimum atomic E-state index is -0.380. The molecular weight excluding hydrogens is 300 g/mol. The van der Waals surface area contributed by atoms with Crippen LogP contribution in [0.1, 0.15) is 19.8 Å². The van der Waals surface area contributed by atoms with E-state index in [0.29, 0.717) is 10.2 Å². The van der Waals surface area contributed by atoms with Gasteiger partial charge in [0, 0.05) is 23.2 Å². The van der Waals surface area contributed by atoms with Crippen molar-refractivity contribution in [2.75, 3.05) is 11.9 Å². The normalized spacial score (nSPS) is 20.7. The van der Waals surface area contributed by atoms with E-state index in [1.165, 1.54) is 6.07 Å². The first-order chi connectivity index (χ1) is 8.58. The lowest BCUT2D eigenvalue weighted by Crippen LogP contribution is -2.30. The maximum Gasteiger partial charge on any atom is 0.293 e. The number of rotatable bonds is 4. The molecule has 0 radical (unpaired) electrons. The molecule has 6 heteroatoms. The zero-order valence-electron chi connectivity index (χ0n) is 10.1. The molecule has 1 aliphatic heterocycles. The van der Waals surface area contributed by atoms with E-state index in [-0.39, 0.29) is 22.8 Å². The Labute approximate surface area is 114 Å². The largest absolute Gasteiger partial charge is 0.376 e. The summed E-state index contributed by atoms with van der Waals surface area (Å²) in [5.74, 6) is 0. The molecule has 1 aliphatic rings. The Balaban J connectivity index is 2.15. The van der Waals surface area contributed by atoms with Crippen molar-refractivity contribution in [3.8, 4) is 0 Å². The van der Waals surface area contributed by atoms with Gasteiger partial charge in [-0.05, 0) is 31.9 Å². The molecule has 2 atom stereocenters. The standard InChI is InChI=1S/C12H15BrN2O3/c1-8(12-3-2-6-18-12)14-10-5-4-9(13)7-11(10)15(16)17/h4-5,7-8,12,14H,2-3,6H2,1H3. The van der Waals surface area contributed by atoms with Gasteiger partial charge in [0.15, 0.2) is 0 Å². The van der Waals surface area contributed by atoms with E-state index in [1.807, 2.05) is 6.92 Å².